The molecule has 0 amide bonds. The molecule has 0 aromatic carbocycles. The van der Waals surface area contributed by atoms with Crippen molar-refractivity contribution in [3.63, 3.8) is 0 Å². The first-order valence-electron chi connectivity index (χ1n) is 8.69. The lowest BCUT2D eigenvalue weighted by molar-refractivity contribution is 0.436. The van der Waals surface area contributed by atoms with Crippen LogP contribution in [0.2, 0.25) is 0 Å². The van der Waals surface area contributed by atoms with Crippen LogP contribution in [0.25, 0.3) is 10.3 Å². The Morgan fingerprint density at radius 2 is 2.21 bits per heavy atom. The molecule has 4 rings (SSSR count). The number of fused-ring (bicyclic) bond motifs is 1. The van der Waals surface area contributed by atoms with Gasteiger partial charge in [0.05, 0.1) is 10.4 Å². The number of nitrogens with zero attached hydrogens (tertiary/aromatic N) is 5. The van der Waals surface area contributed by atoms with Crippen molar-refractivity contribution in [2.75, 3.05) is 11.4 Å². The maximum Gasteiger partial charge on any atom is 0.188 e. The number of aromatic nitrogens is 4. The lowest BCUT2D eigenvalue weighted by Crippen LogP contribution is -2.39. The molecule has 0 aliphatic carbocycles. The molecular weight excluding hydrogens is 318 g/mol. The largest absolute Gasteiger partial charge is 0.345 e. The molecule has 0 saturated carbocycles. The van der Waals surface area contributed by atoms with Gasteiger partial charge in [-0.15, -0.1) is 0 Å². The molecule has 1 atom stereocenters. The van der Waals surface area contributed by atoms with Crippen molar-refractivity contribution in [3.05, 3.63) is 35.8 Å². The van der Waals surface area contributed by atoms with E-state index < -0.39 is 0 Å². The molecule has 0 spiro atoms. The van der Waals surface area contributed by atoms with Crippen molar-refractivity contribution in [3.8, 4) is 0 Å². The summed E-state index contributed by atoms with van der Waals surface area (Å²) in [6.45, 7) is 3.18. The topological polar surface area (TPSA) is 46.8 Å². The van der Waals surface area contributed by atoms with Crippen LogP contribution < -0.4 is 4.90 Å². The third-order valence-corrected chi connectivity index (χ3v) is 6.06. The van der Waals surface area contributed by atoms with Crippen molar-refractivity contribution in [1.82, 2.24) is 19.7 Å². The van der Waals surface area contributed by atoms with Crippen LogP contribution in [0.15, 0.2) is 24.4 Å². The number of rotatable bonds is 4. The van der Waals surface area contributed by atoms with Crippen LogP contribution in [0, 0.1) is 6.92 Å². The zero-order chi connectivity index (χ0) is 16.5. The van der Waals surface area contributed by atoms with Crippen molar-refractivity contribution in [2.24, 2.45) is 7.05 Å². The van der Waals surface area contributed by atoms with Gasteiger partial charge in [-0.3, -0.25) is 4.98 Å². The molecule has 4 heterocycles. The van der Waals surface area contributed by atoms with Gasteiger partial charge in [-0.2, -0.15) is 5.10 Å². The number of pyridine rings is 1. The van der Waals surface area contributed by atoms with Crippen LogP contribution in [-0.2, 0) is 13.5 Å². The van der Waals surface area contributed by atoms with Gasteiger partial charge in [0.2, 0.25) is 0 Å². The van der Waals surface area contributed by atoms with Gasteiger partial charge in [0.25, 0.3) is 0 Å². The van der Waals surface area contributed by atoms with Gasteiger partial charge >= 0.3 is 0 Å². The number of aryl methyl sites for hydroxylation is 3. The highest BCUT2D eigenvalue weighted by Crippen LogP contribution is 2.35. The zero-order valence-corrected chi connectivity index (χ0v) is 15.1. The third kappa shape index (κ3) is 2.90. The second-order valence-corrected chi connectivity index (χ2v) is 7.54. The van der Waals surface area contributed by atoms with Crippen LogP contribution in [0.5, 0.6) is 0 Å². The maximum atomic E-state index is 4.89. The average molecular weight is 341 g/mol. The van der Waals surface area contributed by atoms with Gasteiger partial charge < -0.3 is 4.90 Å². The molecule has 1 aliphatic rings. The van der Waals surface area contributed by atoms with E-state index in [1.165, 1.54) is 29.7 Å². The molecule has 0 N–H and O–H groups in total. The molecule has 0 radical (unpaired) electrons. The Bertz CT molecular complexity index is 788. The summed E-state index contributed by atoms with van der Waals surface area (Å²) in [6, 6.07) is 6.74. The Kier molecular flexibility index (Phi) is 4.22. The molecule has 6 heteroatoms. The summed E-state index contributed by atoms with van der Waals surface area (Å²) in [5.74, 6) is 0. The Balaban J connectivity index is 1.55. The quantitative estimate of drug-likeness (QED) is 0.725. The Hall–Kier alpha value is -1.95. The first-order valence-corrected chi connectivity index (χ1v) is 9.50. The van der Waals surface area contributed by atoms with E-state index in [-0.39, 0.29) is 0 Å². The molecule has 126 valence electrons. The molecule has 3 aromatic rings. The minimum atomic E-state index is 0.564. The number of anilines is 1. The summed E-state index contributed by atoms with van der Waals surface area (Å²) in [6.07, 6.45) is 7.89. The molecule has 24 heavy (non-hydrogen) atoms. The summed E-state index contributed by atoms with van der Waals surface area (Å²) < 4.78 is 3.12. The SMILES string of the molecule is Cc1nn(C)c2nc(N3CCCC[C@@H]3CCc3ccccn3)sc12. The summed E-state index contributed by atoms with van der Waals surface area (Å²) >= 11 is 1.79. The predicted molar refractivity (Wildman–Crippen MR) is 98.7 cm³/mol. The summed E-state index contributed by atoms with van der Waals surface area (Å²) in [4.78, 5) is 11.9. The third-order valence-electron chi connectivity index (χ3n) is 4.87. The van der Waals surface area contributed by atoms with Crippen LogP contribution in [0.4, 0.5) is 5.13 Å². The number of hydrogen-bond donors (Lipinski definition) is 0. The summed E-state index contributed by atoms with van der Waals surface area (Å²) in [5, 5.41) is 5.63. The first kappa shape index (κ1) is 15.6. The van der Waals surface area contributed by atoms with Crippen molar-refractivity contribution < 1.29 is 0 Å². The lowest BCUT2D eigenvalue weighted by atomic mass is 9.97. The predicted octanol–water partition coefficient (Wildman–Crippen LogP) is 3.72. The minimum absolute atomic E-state index is 0.564. The molecule has 5 nitrogen and oxygen atoms in total. The van der Waals surface area contributed by atoms with Gasteiger partial charge in [0.15, 0.2) is 10.8 Å². The van der Waals surface area contributed by atoms with Crippen molar-refractivity contribution in [1.29, 1.82) is 0 Å². The van der Waals surface area contributed by atoms with Crippen molar-refractivity contribution in [2.45, 2.75) is 45.1 Å². The van der Waals surface area contributed by atoms with E-state index in [1.807, 2.05) is 24.0 Å². The average Bonchev–Trinajstić information content (AvgIpc) is 3.16. The van der Waals surface area contributed by atoms with Crippen molar-refractivity contribution >= 4 is 26.8 Å². The molecule has 0 bridgehead atoms. The van der Waals surface area contributed by atoms with Gasteiger partial charge in [-0.05, 0) is 51.2 Å². The van der Waals surface area contributed by atoms with Crippen LogP contribution in [-0.4, -0.2) is 32.3 Å². The summed E-state index contributed by atoms with van der Waals surface area (Å²) in [7, 11) is 1.98. The van der Waals surface area contributed by atoms with E-state index in [1.54, 1.807) is 11.3 Å². The van der Waals surface area contributed by atoms with E-state index in [9.17, 15) is 0 Å². The molecule has 0 unspecified atom stereocenters. The molecule has 1 aliphatic heterocycles. The molecule has 3 aromatic heterocycles. The van der Waals surface area contributed by atoms with E-state index in [0.717, 1.165) is 35.9 Å². The van der Waals surface area contributed by atoms with E-state index in [4.69, 9.17) is 4.98 Å². The van der Waals surface area contributed by atoms with Crippen LogP contribution in [0.3, 0.4) is 0 Å². The maximum absolute atomic E-state index is 4.89. The minimum Gasteiger partial charge on any atom is -0.345 e. The molecule has 1 saturated heterocycles. The van der Waals surface area contributed by atoms with Crippen LogP contribution >= 0.6 is 11.3 Å². The normalized spacial score (nSPS) is 18.4. The molecule has 1 fully saturated rings. The zero-order valence-electron chi connectivity index (χ0n) is 14.3. The smallest absolute Gasteiger partial charge is 0.188 e. The fourth-order valence-corrected chi connectivity index (χ4v) is 4.74. The highest BCUT2D eigenvalue weighted by Gasteiger charge is 2.26. The van der Waals surface area contributed by atoms with Gasteiger partial charge in [-0.25, -0.2) is 9.67 Å². The van der Waals surface area contributed by atoms with Gasteiger partial charge in [0.1, 0.15) is 0 Å². The standard InChI is InChI=1S/C18H23N5S/c1-13-16-17(22(2)21-13)20-18(24-16)23-12-6-4-8-15(23)10-9-14-7-3-5-11-19-14/h3,5,7,11,15H,4,6,8-10,12H2,1-2H3/t15-/m1/s1. The number of piperidine rings is 1. The summed E-state index contributed by atoms with van der Waals surface area (Å²) in [5.41, 5.74) is 3.28. The monoisotopic (exact) mass is 341 g/mol. The Labute approximate surface area is 146 Å². The lowest BCUT2D eigenvalue weighted by Gasteiger charge is -2.35. The van der Waals surface area contributed by atoms with Crippen LogP contribution in [0.1, 0.15) is 37.1 Å². The van der Waals surface area contributed by atoms with E-state index >= 15 is 0 Å². The second-order valence-electron chi connectivity index (χ2n) is 6.56. The van der Waals surface area contributed by atoms with E-state index in [0.29, 0.717) is 6.04 Å². The molecular formula is C18H23N5S. The highest BCUT2D eigenvalue weighted by molar-refractivity contribution is 7.22. The Morgan fingerprint density at radius 1 is 1.29 bits per heavy atom. The number of thiazole rings is 1. The van der Waals surface area contributed by atoms with Gasteiger partial charge in [0, 0.05) is 31.5 Å². The Morgan fingerprint density at radius 3 is 3.00 bits per heavy atom. The van der Waals surface area contributed by atoms with Gasteiger partial charge in [-0.1, -0.05) is 17.4 Å². The fraction of sp³-hybridized carbons (Fsp3) is 0.500. The number of hydrogen-bond acceptors (Lipinski definition) is 5. The first-order chi connectivity index (χ1) is 11.7. The second kappa shape index (κ2) is 6.51. The highest BCUT2D eigenvalue weighted by atomic mass is 32.1. The van der Waals surface area contributed by atoms with E-state index in [2.05, 4.69) is 34.0 Å². The fourth-order valence-electron chi connectivity index (χ4n) is 3.61.